The van der Waals surface area contributed by atoms with E-state index in [1.54, 1.807) is 0 Å². The lowest BCUT2D eigenvalue weighted by atomic mass is 10.0. The van der Waals surface area contributed by atoms with Crippen LogP contribution >= 0.6 is 0 Å². The van der Waals surface area contributed by atoms with Gasteiger partial charge in [-0.3, -0.25) is 0 Å². The molecular formula is C19H33N. The van der Waals surface area contributed by atoms with Gasteiger partial charge in [-0.2, -0.15) is 0 Å². The van der Waals surface area contributed by atoms with E-state index < -0.39 is 0 Å². The van der Waals surface area contributed by atoms with E-state index in [1.165, 1.54) is 37.2 Å². The lowest BCUT2D eigenvalue weighted by Crippen LogP contribution is -2.27. The van der Waals surface area contributed by atoms with Gasteiger partial charge < -0.3 is 4.90 Å². The SMILES string of the molecule is CC(C)CCN(CCC(C)C)c1ccc(C(C)C)cc1. The molecule has 0 radical (unpaired) electrons. The highest BCUT2D eigenvalue weighted by Gasteiger charge is 2.09. The lowest BCUT2D eigenvalue weighted by molar-refractivity contribution is 0.535. The van der Waals surface area contributed by atoms with Crippen LogP contribution in [-0.4, -0.2) is 13.1 Å². The Morgan fingerprint density at radius 1 is 0.750 bits per heavy atom. The van der Waals surface area contributed by atoms with E-state index in [0.29, 0.717) is 5.92 Å². The minimum atomic E-state index is 0.615. The average molecular weight is 275 g/mol. The van der Waals surface area contributed by atoms with Crippen LogP contribution in [0.4, 0.5) is 5.69 Å². The third-order valence-electron chi connectivity index (χ3n) is 3.88. The molecule has 0 fully saturated rings. The molecule has 1 rings (SSSR count). The molecule has 0 atom stereocenters. The molecule has 1 heteroatoms. The maximum absolute atomic E-state index is 2.56. The minimum absolute atomic E-state index is 0.615. The van der Waals surface area contributed by atoms with E-state index in [0.717, 1.165) is 11.8 Å². The van der Waals surface area contributed by atoms with E-state index in [1.807, 2.05) is 0 Å². The van der Waals surface area contributed by atoms with Crippen LogP contribution in [-0.2, 0) is 0 Å². The molecule has 0 heterocycles. The maximum atomic E-state index is 2.56. The summed E-state index contributed by atoms with van der Waals surface area (Å²) < 4.78 is 0. The van der Waals surface area contributed by atoms with Gasteiger partial charge in [0.05, 0.1) is 0 Å². The van der Waals surface area contributed by atoms with Gasteiger partial charge in [0, 0.05) is 18.8 Å². The van der Waals surface area contributed by atoms with Crippen molar-refractivity contribution in [2.75, 3.05) is 18.0 Å². The van der Waals surface area contributed by atoms with Crippen LogP contribution < -0.4 is 4.90 Å². The fourth-order valence-electron chi connectivity index (χ4n) is 2.27. The number of hydrogen-bond acceptors (Lipinski definition) is 1. The van der Waals surface area contributed by atoms with Crippen LogP contribution in [0.2, 0.25) is 0 Å². The Morgan fingerprint density at radius 2 is 1.20 bits per heavy atom. The molecule has 0 N–H and O–H groups in total. The smallest absolute Gasteiger partial charge is 0.0366 e. The van der Waals surface area contributed by atoms with Crippen molar-refractivity contribution in [2.24, 2.45) is 11.8 Å². The molecule has 0 saturated heterocycles. The molecule has 0 unspecified atom stereocenters. The zero-order chi connectivity index (χ0) is 15.1. The van der Waals surface area contributed by atoms with Crippen LogP contribution in [0.25, 0.3) is 0 Å². The third-order valence-corrected chi connectivity index (χ3v) is 3.88. The van der Waals surface area contributed by atoms with Crippen molar-refractivity contribution >= 4 is 5.69 Å². The van der Waals surface area contributed by atoms with Gasteiger partial charge in [0.25, 0.3) is 0 Å². The minimum Gasteiger partial charge on any atom is -0.372 e. The lowest BCUT2D eigenvalue weighted by Gasteiger charge is -2.27. The van der Waals surface area contributed by atoms with Crippen LogP contribution in [0.1, 0.15) is 65.9 Å². The van der Waals surface area contributed by atoms with E-state index >= 15 is 0 Å². The summed E-state index contributed by atoms with van der Waals surface area (Å²) in [6, 6.07) is 9.18. The van der Waals surface area contributed by atoms with Gasteiger partial charge in [-0.15, -0.1) is 0 Å². The van der Waals surface area contributed by atoms with Crippen LogP contribution in [0.15, 0.2) is 24.3 Å². The number of nitrogens with zero attached hydrogens (tertiary/aromatic N) is 1. The molecule has 0 aromatic heterocycles. The summed E-state index contributed by atoms with van der Waals surface area (Å²) in [6.07, 6.45) is 2.54. The molecule has 0 aliphatic heterocycles. The Bertz CT molecular complexity index is 350. The molecule has 0 amide bonds. The van der Waals surface area contributed by atoms with E-state index in [-0.39, 0.29) is 0 Å². The quantitative estimate of drug-likeness (QED) is 0.587. The summed E-state index contributed by atoms with van der Waals surface area (Å²) in [6.45, 7) is 16.1. The van der Waals surface area contributed by atoms with Crippen molar-refractivity contribution in [3.8, 4) is 0 Å². The number of rotatable bonds is 8. The van der Waals surface area contributed by atoms with E-state index in [9.17, 15) is 0 Å². The fourth-order valence-corrected chi connectivity index (χ4v) is 2.27. The summed E-state index contributed by atoms with van der Waals surface area (Å²) in [7, 11) is 0. The summed E-state index contributed by atoms with van der Waals surface area (Å²) in [5, 5.41) is 0. The van der Waals surface area contributed by atoms with Gasteiger partial charge >= 0.3 is 0 Å². The number of anilines is 1. The van der Waals surface area contributed by atoms with Crippen molar-refractivity contribution in [1.29, 1.82) is 0 Å². The number of benzene rings is 1. The summed E-state index contributed by atoms with van der Waals surface area (Å²) >= 11 is 0. The molecule has 0 aliphatic rings. The average Bonchev–Trinajstić information content (AvgIpc) is 2.38. The fraction of sp³-hybridized carbons (Fsp3) is 0.684. The van der Waals surface area contributed by atoms with Crippen LogP contribution in [0.3, 0.4) is 0 Å². The standard InChI is InChI=1S/C19H33N/c1-15(2)11-13-20(14-12-16(3)4)19-9-7-18(8-10-19)17(5)6/h7-10,15-17H,11-14H2,1-6H3. The molecule has 1 nitrogen and oxygen atoms in total. The second-order valence-electron chi connectivity index (χ2n) is 7.10. The zero-order valence-electron chi connectivity index (χ0n) is 14.3. The first-order chi connectivity index (χ1) is 9.40. The second kappa shape index (κ2) is 8.34. The first kappa shape index (κ1) is 17.1. The van der Waals surface area contributed by atoms with Gasteiger partial charge in [0.2, 0.25) is 0 Å². The molecular weight excluding hydrogens is 242 g/mol. The molecule has 20 heavy (non-hydrogen) atoms. The van der Waals surface area contributed by atoms with E-state index in [2.05, 4.69) is 70.7 Å². The monoisotopic (exact) mass is 275 g/mol. The Morgan fingerprint density at radius 3 is 1.55 bits per heavy atom. The Balaban J connectivity index is 2.74. The first-order valence-electron chi connectivity index (χ1n) is 8.25. The normalized spacial score (nSPS) is 11.7. The third kappa shape index (κ3) is 5.98. The molecule has 1 aromatic rings. The second-order valence-corrected chi connectivity index (χ2v) is 7.10. The summed E-state index contributed by atoms with van der Waals surface area (Å²) in [5.74, 6) is 2.15. The highest BCUT2D eigenvalue weighted by molar-refractivity contribution is 5.48. The van der Waals surface area contributed by atoms with Crippen molar-refractivity contribution in [3.63, 3.8) is 0 Å². The van der Waals surface area contributed by atoms with E-state index in [4.69, 9.17) is 0 Å². The Labute approximate surface area is 126 Å². The topological polar surface area (TPSA) is 3.24 Å². The summed E-state index contributed by atoms with van der Waals surface area (Å²) in [5.41, 5.74) is 2.82. The Hall–Kier alpha value is -0.980. The summed E-state index contributed by atoms with van der Waals surface area (Å²) in [4.78, 5) is 2.56. The molecule has 0 bridgehead atoms. The van der Waals surface area contributed by atoms with Crippen molar-refractivity contribution in [1.82, 2.24) is 0 Å². The molecule has 0 saturated carbocycles. The van der Waals surface area contributed by atoms with Gasteiger partial charge in [-0.1, -0.05) is 53.7 Å². The molecule has 114 valence electrons. The first-order valence-corrected chi connectivity index (χ1v) is 8.25. The predicted molar refractivity (Wildman–Crippen MR) is 91.7 cm³/mol. The van der Waals surface area contributed by atoms with Gasteiger partial charge in [0.15, 0.2) is 0 Å². The highest BCUT2D eigenvalue weighted by atomic mass is 15.1. The van der Waals surface area contributed by atoms with Gasteiger partial charge in [-0.25, -0.2) is 0 Å². The van der Waals surface area contributed by atoms with Gasteiger partial charge in [-0.05, 0) is 48.3 Å². The maximum Gasteiger partial charge on any atom is 0.0366 e. The van der Waals surface area contributed by atoms with Gasteiger partial charge in [0.1, 0.15) is 0 Å². The zero-order valence-corrected chi connectivity index (χ0v) is 14.3. The van der Waals surface area contributed by atoms with Crippen LogP contribution in [0, 0.1) is 11.8 Å². The largest absolute Gasteiger partial charge is 0.372 e. The van der Waals surface area contributed by atoms with Crippen molar-refractivity contribution in [2.45, 2.75) is 60.3 Å². The molecule has 0 spiro atoms. The number of hydrogen-bond donors (Lipinski definition) is 0. The molecule has 0 aliphatic carbocycles. The van der Waals surface area contributed by atoms with Crippen LogP contribution in [0.5, 0.6) is 0 Å². The highest BCUT2D eigenvalue weighted by Crippen LogP contribution is 2.21. The predicted octanol–water partition coefficient (Wildman–Crippen LogP) is 5.71. The Kier molecular flexibility index (Phi) is 7.12. The molecule has 1 aromatic carbocycles. The van der Waals surface area contributed by atoms with Crippen molar-refractivity contribution in [3.05, 3.63) is 29.8 Å². The van der Waals surface area contributed by atoms with Crippen molar-refractivity contribution < 1.29 is 0 Å².